The first-order valence-corrected chi connectivity index (χ1v) is 12.5. The number of carbonyl (C=O) groups excluding carboxylic acids is 2. The van der Waals surface area contributed by atoms with Crippen LogP contribution in [0.15, 0.2) is 58.9 Å². The van der Waals surface area contributed by atoms with Crippen molar-refractivity contribution in [2.24, 2.45) is 0 Å². The van der Waals surface area contributed by atoms with E-state index >= 15 is 0 Å². The molecule has 0 saturated heterocycles. The van der Waals surface area contributed by atoms with Gasteiger partial charge >= 0.3 is 5.97 Å². The molecule has 0 saturated carbocycles. The molecule has 1 aliphatic carbocycles. The summed E-state index contributed by atoms with van der Waals surface area (Å²) in [6.07, 6.45) is 0.580. The van der Waals surface area contributed by atoms with Crippen molar-refractivity contribution < 1.29 is 23.8 Å². The maximum Gasteiger partial charge on any atom is 0.337 e. The molecule has 2 aliphatic rings. The number of ketones is 1. The van der Waals surface area contributed by atoms with Crippen LogP contribution in [0.4, 0.5) is 0 Å². The van der Waals surface area contributed by atoms with Crippen LogP contribution in [-0.4, -0.2) is 32.1 Å². The van der Waals surface area contributed by atoms with Crippen LogP contribution in [0.3, 0.4) is 0 Å². The summed E-state index contributed by atoms with van der Waals surface area (Å²) in [5, 5.41) is 4.11. The number of Topliss-reactive ketones (excluding diaryl/α,β-unsaturated/α-hetero) is 1. The van der Waals surface area contributed by atoms with Crippen LogP contribution in [0, 0.1) is 0 Å². The summed E-state index contributed by atoms with van der Waals surface area (Å²) in [5.74, 6) is 0.0682. The van der Waals surface area contributed by atoms with E-state index < -0.39 is 11.9 Å². The molecule has 36 heavy (non-hydrogen) atoms. The number of hydrogen-bond donors (Lipinski definition) is 1. The van der Waals surface area contributed by atoms with Crippen LogP contribution in [0.2, 0.25) is 10.0 Å². The van der Waals surface area contributed by atoms with Crippen molar-refractivity contribution in [1.82, 2.24) is 5.32 Å². The lowest BCUT2D eigenvalue weighted by Gasteiger charge is -2.37. The predicted octanol–water partition coefficient (Wildman–Crippen LogP) is 6.32. The predicted molar refractivity (Wildman–Crippen MR) is 140 cm³/mol. The largest absolute Gasteiger partial charge is 0.493 e. The molecule has 2 aromatic rings. The van der Waals surface area contributed by atoms with Crippen molar-refractivity contribution in [3.63, 3.8) is 0 Å². The van der Waals surface area contributed by atoms with E-state index in [-0.39, 0.29) is 17.8 Å². The Labute approximate surface area is 221 Å². The smallest absolute Gasteiger partial charge is 0.337 e. The molecule has 0 bridgehead atoms. The third-order valence-electron chi connectivity index (χ3n) is 6.55. The van der Waals surface area contributed by atoms with Gasteiger partial charge in [-0.1, -0.05) is 35.3 Å². The normalized spacial score (nSPS) is 19.7. The molecular weight excluding hydrogens is 501 g/mol. The number of carbonyl (C=O) groups is 2. The molecule has 8 heteroatoms. The summed E-state index contributed by atoms with van der Waals surface area (Å²) in [6, 6.07) is 10.9. The molecule has 1 heterocycles. The monoisotopic (exact) mass is 529 g/mol. The molecule has 0 spiro atoms. The number of benzene rings is 2. The lowest BCUT2D eigenvalue weighted by atomic mass is 9.71. The molecule has 0 amide bonds. The van der Waals surface area contributed by atoms with Crippen molar-refractivity contribution >= 4 is 35.0 Å². The Morgan fingerprint density at radius 1 is 0.972 bits per heavy atom. The van der Waals surface area contributed by atoms with Crippen molar-refractivity contribution in [3.05, 3.63) is 80.1 Å². The number of dihydropyridines is 1. The maximum atomic E-state index is 13.7. The molecule has 0 aromatic heterocycles. The first-order chi connectivity index (χ1) is 17.1. The number of rotatable bonds is 6. The third-order valence-corrected chi connectivity index (χ3v) is 7.29. The van der Waals surface area contributed by atoms with Crippen molar-refractivity contribution in [3.8, 4) is 11.5 Å². The second-order valence-corrected chi connectivity index (χ2v) is 10.1. The topological polar surface area (TPSA) is 73.9 Å². The molecule has 0 fully saturated rings. The van der Waals surface area contributed by atoms with E-state index in [4.69, 9.17) is 37.4 Å². The van der Waals surface area contributed by atoms with Gasteiger partial charge in [0, 0.05) is 29.3 Å². The number of esters is 1. The lowest BCUT2D eigenvalue weighted by Crippen LogP contribution is -2.36. The summed E-state index contributed by atoms with van der Waals surface area (Å²) < 4.78 is 16.4. The Kier molecular flexibility index (Phi) is 7.67. The van der Waals surface area contributed by atoms with E-state index in [0.717, 1.165) is 11.3 Å². The average molecular weight is 530 g/mol. The fourth-order valence-electron chi connectivity index (χ4n) is 4.95. The summed E-state index contributed by atoms with van der Waals surface area (Å²) in [6.45, 7) is 5.42. The van der Waals surface area contributed by atoms with Crippen molar-refractivity contribution in [2.75, 3.05) is 14.2 Å². The van der Waals surface area contributed by atoms with Crippen LogP contribution in [0.5, 0.6) is 11.5 Å². The van der Waals surface area contributed by atoms with E-state index in [0.29, 0.717) is 56.8 Å². The first-order valence-electron chi connectivity index (χ1n) is 11.8. The zero-order valence-electron chi connectivity index (χ0n) is 20.9. The van der Waals surface area contributed by atoms with Gasteiger partial charge in [-0.15, -0.1) is 0 Å². The van der Waals surface area contributed by atoms with Gasteiger partial charge in [0.15, 0.2) is 17.3 Å². The van der Waals surface area contributed by atoms with Crippen molar-refractivity contribution in [2.45, 2.75) is 51.6 Å². The van der Waals surface area contributed by atoms with Crippen LogP contribution >= 0.6 is 23.2 Å². The van der Waals surface area contributed by atoms with Gasteiger partial charge in [0.2, 0.25) is 0 Å². The molecule has 1 N–H and O–H groups in total. The Morgan fingerprint density at radius 2 is 1.67 bits per heavy atom. The van der Waals surface area contributed by atoms with Gasteiger partial charge in [0.1, 0.15) is 0 Å². The van der Waals surface area contributed by atoms with Crippen LogP contribution in [0.1, 0.15) is 56.6 Å². The summed E-state index contributed by atoms with van der Waals surface area (Å²) in [5.41, 5.74) is 4.10. The zero-order valence-corrected chi connectivity index (χ0v) is 22.4. The SMILES string of the molecule is COc1ccc([C@@H]2CC(=O)C3=C(C2)NC(C)=C(C(=O)OC(C)C)[C@@H]3c2ccc(Cl)c(Cl)c2)cc1OC. The minimum atomic E-state index is -0.610. The standard InChI is InChI=1S/C28H29Cl2NO5/c1-14(2)36-28(33)25-15(3)31-21-11-18(16-7-9-23(34-4)24(13-16)35-5)12-22(32)27(21)26(25)17-6-8-19(29)20(30)10-17/h6-10,13-14,18,26,31H,11-12H2,1-5H3/t18-,26-/m0/s1. The fourth-order valence-corrected chi connectivity index (χ4v) is 5.26. The van der Waals surface area contributed by atoms with Crippen molar-refractivity contribution in [1.29, 1.82) is 0 Å². The van der Waals surface area contributed by atoms with Gasteiger partial charge in [-0.2, -0.15) is 0 Å². The number of methoxy groups -OCH3 is 2. The van der Waals surface area contributed by atoms with E-state index in [2.05, 4.69) is 5.32 Å². The molecule has 6 nitrogen and oxygen atoms in total. The number of ether oxygens (including phenoxy) is 3. The highest BCUT2D eigenvalue weighted by Crippen LogP contribution is 2.47. The molecule has 2 aromatic carbocycles. The van der Waals surface area contributed by atoms with Gasteiger partial charge in [0.25, 0.3) is 0 Å². The Balaban J connectivity index is 1.79. The molecule has 0 unspecified atom stereocenters. The summed E-state index contributed by atoms with van der Waals surface area (Å²) >= 11 is 12.5. The minimum Gasteiger partial charge on any atom is -0.493 e. The maximum absolute atomic E-state index is 13.7. The van der Waals surface area contributed by atoms with Crippen LogP contribution in [-0.2, 0) is 14.3 Å². The quantitative estimate of drug-likeness (QED) is 0.441. The third kappa shape index (κ3) is 4.97. The Hall–Kier alpha value is -2.96. The Bertz CT molecular complexity index is 1280. The molecule has 1 aliphatic heterocycles. The highest BCUT2D eigenvalue weighted by molar-refractivity contribution is 6.42. The van der Waals surface area contributed by atoms with Crippen LogP contribution in [0.25, 0.3) is 0 Å². The average Bonchev–Trinajstić information content (AvgIpc) is 2.83. The number of halogens is 2. The highest BCUT2D eigenvalue weighted by Gasteiger charge is 2.41. The highest BCUT2D eigenvalue weighted by atomic mass is 35.5. The first kappa shape index (κ1) is 26.1. The van der Waals surface area contributed by atoms with E-state index in [1.54, 1.807) is 46.3 Å². The zero-order chi connectivity index (χ0) is 26.1. The molecule has 4 rings (SSSR count). The minimum absolute atomic E-state index is 0.0399. The number of allylic oxidation sites excluding steroid dienone is 3. The Morgan fingerprint density at radius 3 is 2.31 bits per heavy atom. The van der Waals surface area contributed by atoms with E-state index in [1.165, 1.54) is 0 Å². The molecule has 2 atom stereocenters. The van der Waals surface area contributed by atoms with E-state index in [9.17, 15) is 9.59 Å². The van der Waals surface area contributed by atoms with Gasteiger partial charge in [-0.05, 0) is 68.5 Å². The fraction of sp³-hybridized carbons (Fsp3) is 0.357. The second kappa shape index (κ2) is 10.6. The molecule has 0 radical (unpaired) electrons. The summed E-state index contributed by atoms with van der Waals surface area (Å²) in [7, 11) is 3.18. The lowest BCUT2D eigenvalue weighted by molar-refractivity contribution is -0.143. The van der Waals surface area contributed by atoms with Gasteiger partial charge < -0.3 is 19.5 Å². The van der Waals surface area contributed by atoms with E-state index in [1.807, 2.05) is 25.1 Å². The second-order valence-electron chi connectivity index (χ2n) is 9.26. The van der Waals surface area contributed by atoms with Gasteiger partial charge in [0.05, 0.1) is 35.9 Å². The molecular formula is C28H29Cl2NO5. The number of hydrogen-bond acceptors (Lipinski definition) is 6. The summed E-state index contributed by atoms with van der Waals surface area (Å²) in [4.78, 5) is 26.9. The van der Waals surface area contributed by atoms with Crippen LogP contribution < -0.4 is 14.8 Å². The number of nitrogens with one attached hydrogen (secondary N) is 1. The molecule has 190 valence electrons. The van der Waals surface area contributed by atoms with Gasteiger partial charge in [-0.3, -0.25) is 4.79 Å². The van der Waals surface area contributed by atoms with Gasteiger partial charge in [-0.25, -0.2) is 4.79 Å².